The summed E-state index contributed by atoms with van der Waals surface area (Å²) in [7, 11) is 1.51. The molecule has 0 bridgehead atoms. The van der Waals surface area contributed by atoms with E-state index in [0.29, 0.717) is 27.7 Å². The summed E-state index contributed by atoms with van der Waals surface area (Å²) in [6.45, 7) is 1.84. The van der Waals surface area contributed by atoms with Gasteiger partial charge in [-0.25, -0.2) is 9.29 Å². The van der Waals surface area contributed by atoms with Crippen LogP contribution in [0.2, 0.25) is 5.02 Å². The second-order valence-corrected chi connectivity index (χ2v) is 7.42. The van der Waals surface area contributed by atoms with E-state index in [2.05, 4.69) is 5.32 Å². The van der Waals surface area contributed by atoms with Gasteiger partial charge in [0.05, 0.1) is 18.4 Å². The van der Waals surface area contributed by atoms with Crippen LogP contribution in [0.15, 0.2) is 72.4 Å². The van der Waals surface area contributed by atoms with Crippen LogP contribution in [0.25, 0.3) is 5.57 Å². The van der Waals surface area contributed by atoms with Crippen molar-refractivity contribution in [2.24, 2.45) is 0 Å². The molecule has 0 radical (unpaired) electrons. The Hall–Kier alpha value is -3.64. The van der Waals surface area contributed by atoms with Crippen LogP contribution in [0.3, 0.4) is 0 Å². The molecule has 7 heteroatoms. The number of benzene rings is 3. The topological polar surface area (TPSA) is 58.6 Å². The van der Waals surface area contributed by atoms with E-state index in [-0.39, 0.29) is 11.3 Å². The largest absolute Gasteiger partial charge is 0.497 e. The van der Waals surface area contributed by atoms with Crippen LogP contribution < -0.4 is 15.0 Å². The van der Waals surface area contributed by atoms with Crippen molar-refractivity contribution >= 4 is 40.4 Å². The number of amides is 2. The molecule has 0 fully saturated rings. The molecule has 1 aliphatic rings. The van der Waals surface area contributed by atoms with E-state index in [4.69, 9.17) is 16.3 Å². The highest BCUT2D eigenvalue weighted by molar-refractivity contribution is 6.46. The first-order chi connectivity index (χ1) is 14.9. The lowest BCUT2D eigenvalue weighted by atomic mass is 10.0. The molecule has 0 saturated carbocycles. The van der Waals surface area contributed by atoms with Gasteiger partial charge in [-0.2, -0.15) is 0 Å². The molecule has 0 aromatic heterocycles. The van der Waals surface area contributed by atoms with Gasteiger partial charge in [-0.05, 0) is 60.5 Å². The molecule has 5 nitrogen and oxygen atoms in total. The van der Waals surface area contributed by atoms with Crippen LogP contribution >= 0.6 is 11.6 Å². The number of imide groups is 1. The van der Waals surface area contributed by atoms with Gasteiger partial charge in [0.15, 0.2) is 0 Å². The van der Waals surface area contributed by atoms with Gasteiger partial charge < -0.3 is 10.1 Å². The normalized spacial score (nSPS) is 13.7. The third-order valence-electron chi connectivity index (χ3n) is 4.98. The molecule has 0 unspecified atom stereocenters. The van der Waals surface area contributed by atoms with Crippen molar-refractivity contribution in [2.75, 3.05) is 17.3 Å². The highest BCUT2D eigenvalue weighted by atomic mass is 35.5. The Morgan fingerprint density at radius 3 is 2.39 bits per heavy atom. The fourth-order valence-electron chi connectivity index (χ4n) is 3.42. The van der Waals surface area contributed by atoms with Gasteiger partial charge in [-0.15, -0.1) is 0 Å². The second-order valence-electron chi connectivity index (χ2n) is 6.99. The summed E-state index contributed by atoms with van der Waals surface area (Å²) in [6, 6.07) is 17.3. The number of rotatable bonds is 5. The maximum Gasteiger partial charge on any atom is 0.282 e. The zero-order valence-corrected chi connectivity index (χ0v) is 17.5. The standard InChI is InChI=1S/C24H18ClFN2O3/c1-14-12-16(25)8-11-20(14)27-22-21(15-6-9-17(26)10-7-15)23(29)28(24(22)30)18-4-3-5-19(13-18)31-2/h3-13,27H,1-2H3. The van der Waals surface area contributed by atoms with Gasteiger partial charge in [-0.3, -0.25) is 9.59 Å². The van der Waals surface area contributed by atoms with Crippen molar-refractivity contribution < 1.29 is 18.7 Å². The van der Waals surface area contributed by atoms with Gasteiger partial charge in [0, 0.05) is 16.8 Å². The van der Waals surface area contributed by atoms with Gasteiger partial charge in [0.1, 0.15) is 17.3 Å². The number of hydrogen-bond donors (Lipinski definition) is 1. The number of aryl methyl sites for hydroxylation is 1. The second kappa shape index (κ2) is 8.24. The quantitative estimate of drug-likeness (QED) is 0.559. The van der Waals surface area contributed by atoms with E-state index in [1.807, 2.05) is 6.92 Å². The van der Waals surface area contributed by atoms with Gasteiger partial charge >= 0.3 is 0 Å². The Labute approximate surface area is 183 Å². The van der Waals surface area contributed by atoms with Crippen LogP contribution in [-0.4, -0.2) is 18.9 Å². The third kappa shape index (κ3) is 3.90. The number of ether oxygens (including phenoxy) is 1. The highest BCUT2D eigenvalue weighted by Gasteiger charge is 2.40. The molecule has 3 aromatic carbocycles. The first-order valence-electron chi connectivity index (χ1n) is 9.45. The predicted molar refractivity (Wildman–Crippen MR) is 119 cm³/mol. The zero-order valence-electron chi connectivity index (χ0n) is 16.8. The third-order valence-corrected chi connectivity index (χ3v) is 5.21. The van der Waals surface area contributed by atoms with Crippen molar-refractivity contribution in [3.63, 3.8) is 0 Å². The molecule has 1 aliphatic heterocycles. The smallest absolute Gasteiger partial charge is 0.282 e. The van der Waals surface area contributed by atoms with E-state index < -0.39 is 17.6 Å². The average Bonchev–Trinajstić information content (AvgIpc) is 3.00. The van der Waals surface area contributed by atoms with Gasteiger partial charge in [-0.1, -0.05) is 29.8 Å². The summed E-state index contributed by atoms with van der Waals surface area (Å²) < 4.78 is 18.7. The molecule has 3 aromatic rings. The van der Waals surface area contributed by atoms with Crippen LogP contribution in [-0.2, 0) is 9.59 Å². The first-order valence-corrected chi connectivity index (χ1v) is 9.83. The lowest BCUT2D eigenvalue weighted by Gasteiger charge is -2.16. The molecule has 1 N–H and O–H groups in total. The van der Waals surface area contributed by atoms with E-state index in [1.54, 1.807) is 42.5 Å². The molecule has 0 saturated heterocycles. The Morgan fingerprint density at radius 2 is 1.71 bits per heavy atom. The molecule has 0 aliphatic carbocycles. The number of anilines is 2. The molecule has 4 rings (SSSR count). The number of carbonyl (C=O) groups excluding carboxylic acids is 2. The molecule has 1 heterocycles. The molecule has 2 amide bonds. The minimum atomic E-state index is -0.521. The van der Waals surface area contributed by atoms with Crippen molar-refractivity contribution in [3.05, 3.63) is 94.4 Å². The number of halogens is 2. The number of nitrogens with zero attached hydrogens (tertiary/aromatic N) is 1. The molecular weight excluding hydrogens is 419 g/mol. The zero-order chi connectivity index (χ0) is 22.1. The van der Waals surface area contributed by atoms with Crippen molar-refractivity contribution in [1.82, 2.24) is 0 Å². The SMILES string of the molecule is COc1cccc(N2C(=O)C(Nc3ccc(Cl)cc3C)=C(c3ccc(F)cc3)C2=O)c1. The van der Waals surface area contributed by atoms with Gasteiger partial charge in [0.25, 0.3) is 11.8 Å². The predicted octanol–water partition coefficient (Wildman–Crippen LogP) is 5.19. The molecule has 31 heavy (non-hydrogen) atoms. The Morgan fingerprint density at radius 1 is 0.968 bits per heavy atom. The first kappa shape index (κ1) is 20.6. The number of nitrogens with one attached hydrogen (secondary N) is 1. The molecule has 0 spiro atoms. The highest BCUT2D eigenvalue weighted by Crippen LogP contribution is 2.35. The van der Waals surface area contributed by atoms with Crippen LogP contribution in [0.5, 0.6) is 5.75 Å². The maximum atomic E-state index is 13.5. The summed E-state index contributed by atoms with van der Waals surface area (Å²) in [4.78, 5) is 27.9. The molecule has 0 atom stereocenters. The summed E-state index contributed by atoms with van der Waals surface area (Å²) >= 11 is 6.04. The van der Waals surface area contributed by atoms with Crippen LogP contribution in [0.1, 0.15) is 11.1 Å². The Kier molecular flexibility index (Phi) is 5.48. The fourth-order valence-corrected chi connectivity index (χ4v) is 3.64. The molecular formula is C24H18ClFN2O3. The van der Waals surface area contributed by atoms with Crippen molar-refractivity contribution in [3.8, 4) is 5.75 Å². The Balaban J connectivity index is 1.83. The monoisotopic (exact) mass is 436 g/mol. The lowest BCUT2D eigenvalue weighted by molar-refractivity contribution is -0.120. The van der Waals surface area contributed by atoms with E-state index in [9.17, 15) is 14.0 Å². The summed E-state index contributed by atoms with van der Waals surface area (Å²) in [5, 5.41) is 3.65. The van der Waals surface area contributed by atoms with Crippen LogP contribution in [0.4, 0.5) is 15.8 Å². The minimum absolute atomic E-state index is 0.102. The fraction of sp³-hybridized carbons (Fsp3) is 0.0833. The lowest BCUT2D eigenvalue weighted by Crippen LogP contribution is -2.32. The van der Waals surface area contributed by atoms with Crippen molar-refractivity contribution in [2.45, 2.75) is 6.92 Å². The Bertz CT molecular complexity index is 1220. The average molecular weight is 437 g/mol. The number of methoxy groups -OCH3 is 1. The summed E-state index contributed by atoms with van der Waals surface area (Å²) in [5.74, 6) is -0.962. The van der Waals surface area contributed by atoms with E-state index in [1.165, 1.54) is 31.4 Å². The van der Waals surface area contributed by atoms with Crippen molar-refractivity contribution in [1.29, 1.82) is 0 Å². The maximum absolute atomic E-state index is 13.5. The van der Waals surface area contributed by atoms with E-state index >= 15 is 0 Å². The van der Waals surface area contributed by atoms with Gasteiger partial charge in [0.2, 0.25) is 0 Å². The summed E-state index contributed by atoms with van der Waals surface area (Å²) in [5.41, 5.74) is 2.50. The number of carbonyl (C=O) groups is 2. The number of hydrogen-bond acceptors (Lipinski definition) is 4. The van der Waals surface area contributed by atoms with Crippen LogP contribution in [0, 0.1) is 12.7 Å². The minimum Gasteiger partial charge on any atom is -0.497 e. The molecule has 156 valence electrons. The summed E-state index contributed by atoms with van der Waals surface area (Å²) in [6.07, 6.45) is 0. The van der Waals surface area contributed by atoms with E-state index in [0.717, 1.165) is 10.5 Å².